The number of methoxy groups -OCH3 is 1. The monoisotopic (exact) mass is 332 g/mol. The lowest BCUT2D eigenvalue weighted by molar-refractivity contribution is -0.136. The summed E-state index contributed by atoms with van der Waals surface area (Å²) in [7, 11) is 1.61. The van der Waals surface area contributed by atoms with Gasteiger partial charge in [-0.25, -0.2) is 0 Å². The number of ether oxygens (including phenoxy) is 2. The second-order valence-electron chi connectivity index (χ2n) is 6.45. The molecule has 1 fully saturated rings. The normalized spacial score (nSPS) is 20.8. The molecule has 0 unspecified atom stereocenters. The first-order chi connectivity index (χ1) is 11.6. The van der Waals surface area contributed by atoms with Crippen LogP contribution in [0, 0.1) is 5.92 Å². The fourth-order valence-corrected chi connectivity index (χ4v) is 3.25. The van der Waals surface area contributed by atoms with Crippen molar-refractivity contribution in [2.45, 2.75) is 32.2 Å². The summed E-state index contributed by atoms with van der Waals surface area (Å²) in [5, 5.41) is 2.84. The van der Waals surface area contributed by atoms with Gasteiger partial charge in [0, 0.05) is 19.2 Å². The molecule has 2 atom stereocenters. The summed E-state index contributed by atoms with van der Waals surface area (Å²) < 4.78 is 10.9. The lowest BCUT2D eigenvalue weighted by Gasteiger charge is -2.27. The van der Waals surface area contributed by atoms with E-state index >= 15 is 0 Å². The van der Waals surface area contributed by atoms with Crippen LogP contribution in [-0.2, 0) is 16.0 Å². The maximum Gasteiger partial charge on any atom is 0.244 e. The number of nitrogens with zero attached hydrogens (tertiary/aromatic N) is 1. The zero-order chi connectivity index (χ0) is 17.1. The van der Waals surface area contributed by atoms with Gasteiger partial charge in [0.2, 0.25) is 11.8 Å². The van der Waals surface area contributed by atoms with E-state index in [4.69, 9.17) is 9.47 Å². The highest BCUT2D eigenvalue weighted by Gasteiger charge is 2.30. The Morgan fingerprint density at radius 1 is 1.33 bits per heavy atom. The van der Waals surface area contributed by atoms with Crippen LogP contribution >= 0.6 is 0 Å². The van der Waals surface area contributed by atoms with Crippen LogP contribution in [0.5, 0.6) is 11.5 Å². The highest BCUT2D eigenvalue weighted by Crippen LogP contribution is 2.31. The Hall–Kier alpha value is -2.24. The van der Waals surface area contributed by atoms with Crippen molar-refractivity contribution >= 4 is 11.8 Å². The number of amides is 2. The molecule has 0 aliphatic carbocycles. The van der Waals surface area contributed by atoms with Crippen LogP contribution in [-0.4, -0.2) is 49.6 Å². The van der Waals surface area contributed by atoms with Gasteiger partial charge in [-0.15, -0.1) is 0 Å². The zero-order valence-electron chi connectivity index (χ0n) is 14.2. The minimum absolute atomic E-state index is 0.00251. The quantitative estimate of drug-likeness (QED) is 0.904. The average Bonchev–Trinajstić information content (AvgIpc) is 3.14. The molecule has 0 bridgehead atoms. The Kier molecular flexibility index (Phi) is 4.92. The van der Waals surface area contributed by atoms with E-state index < -0.39 is 6.04 Å². The summed E-state index contributed by atoms with van der Waals surface area (Å²) in [5.74, 6) is 1.10. The van der Waals surface area contributed by atoms with Crippen LogP contribution in [0.25, 0.3) is 0 Å². The molecule has 0 aromatic heterocycles. The molecule has 2 aliphatic heterocycles. The number of likely N-dealkylation sites (tertiary alicyclic amines) is 1. The fraction of sp³-hybridized carbons (Fsp3) is 0.556. The van der Waals surface area contributed by atoms with Gasteiger partial charge in [-0.3, -0.25) is 9.59 Å². The number of hydrogen-bond donors (Lipinski definition) is 1. The van der Waals surface area contributed by atoms with E-state index in [1.54, 1.807) is 14.0 Å². The van der Waals surface area contributed by atoms with E-state index in [0.29, 0.717) is 13.0 Å². The number of nitrogens with one attached hydrogen (secondary N) is 1. The molecular formula is C18H24N2O4. The number of rotatable bonds is 4. The van der Waals surface area contributed by atoms with Crippen molar-refractivity contribution in [3.63, 3.8) is 0 Å². The molecule has 6 heteroatoms. The molecule has 130 valence electrons. The number of carbonyl (C=O) groups excluding carboxylic acids is 2. The first-order valence-corrected chi connectivity index (χ1v) is 8.47. The summed E-state index contributed by atoms with van der Waals surface area (Å²) in [6.45, 7) is 3.65. The second kappa shape index (κ2) is 7.11. The van der Waals surface area contributed by atoms with Crippen LogP contribution in [0.3, 0.4) is 0 Å². The Labute approximate surface area is 142 Å². The molecule has 3 rings (SSSR count). The smallest absolute Gasteiger partial charge is 0.244 e. The second-order valence-corrected chi connectivity index (χ2v) is 6.45. The minimum atomic E-state index is -0.493. The Morgan fingerprint density at radius 2 is 2.08 bits per heavy atom. The predicted molar refractivity (Wildman–Crippen MR) is 89.1 cm³/mol. The third-order valence-corrected chi connectivity index (χ3v) is 4.70. The van der Waals surface area contributed by atoms with E-state index in [2.05, 4.69) is 5.32 Å². The van der Waals surface area contributed by atoms with E-state index in [1.807, 2.05) is 23.1 Å². The largest absolute Gasteiger partial charge is 0.497 e. The molecule has 24 heavy (non-hydrogen) atoms. The number of hydrogen-bond acceptors (Lipinski definition) is 4. The highest BCUT2D eigenvalue weighted by molar-refractivity contribution is 5.88. The van der Waals surface area contributed by atoms with E-state index in [9.17, 15) is 9.59 Å². The van der Waals surface area contributed by atoms with Gasteiger partial charge in [0.1, 0.15) is 24.1 Å². The van der Waals surface area contributed by atoms with Gasteiger partial charge in [-0.2, -0.15) is 0 Å². The van der Waals surface area contributed by atoms with Crippen molar-refractivity contribution < 1.29 is 19.1 Å². The molecule has 0 spiro atoms. The standard InChI is InChI=1S/C18H24N2O4/c1-12(18(22)20-7-3-4-8-20)19-17(21)14-9-13-5-6-15(23-2)10-16(13)24-11-14/h5-6,10,12,14H,3-4,7-9,11H2,1-2H3,(H,19,21)/t12-,14+/m0/s1. The molecule has 6 nitrogen and oxygen atoms in total. The molecule has 0 radical (unpaired) electrons. The van der Waals surface area contributed by atoms with Gasteiger partial charge in [-0.1, -0.05) is 6.07 Å². The van der Waals surface area contributed by atoms with Crippen LogP contribution in [0.4, 0.5) is 0 Å². The van der Waals surface area contributed by atoms with Gasteiger partial charge < -0.3 is 19.7 Å². The average molecular weight is 332 g/mol. The van der Waals surface area contributed by atoms with Crippen LogP contribution in [0.1, 0.15) is 25.3 Å². The summed E-state index contributed by atoms with van der Waals surface area (Å²) in [6, 6.07) is 5.13. The lowest BCUT2D eigenvalue weighted by atomic mass is 9.95. The van der Waals surface area contributed by atoms with E-state index in [1.165, 1.54) is 0 Å². The van der Waals surface area contributed by atoms with Crippen molar-refractivity contribution in [3.8, 4) is 11.5 Å². The number of carbonyl (C=O) groups is 2. The Morgan fingerprint density at radius 3 is 2.79 bits per heavy atom. The molecule has 2 aliphatic rings. The molecular weight excluding hydrogens is 308 g/mol. The first kappa shape index (κ1) is 16.6. The minimum Gasteiger partial charge on any atom is -0.497 e. The van der Waals surface area contributed by atoms with E-state index in [0.717, 1.165) is 43.0 Å². The maximum absolute atomic E-state index is 12.5. The van der Waals surface area contributed by atoms with Gasteiger partial charge in [0.05, 0.1) is 13.0 Å². The third kappa shape index (κ3) is 3.47. The van der Waals surface area contributed by atoms with Crippen molar-refractivity contribution in [1.82, 2.24) is 10.2 Å². The number of benzene rings is 1. The van der Waals surface area contributed by atoms with Crippen LogP contribution in [0.15, 0.2) is 18.2 Å². The zero-order valence-corrected chi connectivity index (χ0v) is 14.2. The van der Waals surface area contributed by atoms with Gasteiger partial charge in [0.15, 0.2) is 0 Å². The molecule has 1 aromatic rings. The fourth-order valence-electron chi connectivity index (χ4n) is 3.25. The van der Waals surface area contributed by atoms with Gasteiger partial charge in [0.25, 0.3) is 0 Å². The molecule has 2 heterocycles. The highest BCUT2D eigenvalue weighted by atomic mass is 16.5. The summed E-state index contributed by atoms with van der Waals surface area (Å²) >= 11 is 0. The van der Waals surface area contributed by atoms with Gasteiger partial charge >= 0.3 is 0 Å². The van der Waals surface area contributed by atoms with Crippen molar-refractivity contribution in [1.29, 1.82) is 0 Å². The summed E-state index contributed by atoms with van der Waals surface area (Å²) in [6.07, 6.45) is 2.70. The molecule has 1 N–H and O–H groups in total. The predicted octanol–water partition coefficient (Wildman–Crippen LogP) is 1.37. The van der Waals surface area contributed by atoms with Crippen LogP contribution in [0.2, 0.25) is 0 Å². The summed E-state index contributed by atoms with van der Waals surface area (Å²) in [5.41, 5.74) is 0.987. The Balaban J connectivity index is 1.58. The van der Waals surface area contributed by atoms with Crippen molar-refractivity contribution in [2.24, 2.45) is 5.92 Å². The maximum atomic E-state index is 12.5. The lowest BCUT2D eigenvalue weighted by Crippen LogP contribution is -2.49. The first-order valence-electron chi connectivity index (χ1n) is 8.47. The molecule has 1 saturated heterocycles. The topological polar surface area (TPSA) is 67.9 Å². The molecule has 0 saturated carbocycles. The van der Waals surface area contributed by atoms with Gasteiger partial charge in [-0.05, 0) is 37.8 Å². The van der Waals surface area contributed by atoms with Crippen molar-refractivity contribution in [3.05, 3.63) is 23.8 Å². The third-order valence-electron chi connectivity index (χ3n) is 4.70. The molecule has 2 amide bonds. The SMILES string of the molecule is COc1ccc2c(c1)OC[C@H](C(=O)N[C@@H](C)C(=O)N1CCCC1)C2. The van der Waals surface area contributed by atoms with E-state index in [-0.39, 0.29) is 17.7 Å². The molecule has 1 aromatic carbocycles. The van der Waals surface area contributed by atoms with Crippen molar-refractivity contribution in [2.75, 3.05) is 26.8 Å². The number of fused-ring (bicyclic) bond motifs is 1. The van der Waals surface area contributed by atoms with Crippen LogP contribution < -0.4 is 14.8 Å². The summed E-state index contributed by atoms with van der Waals surface area (Å²) in [4.78, 5) is 26.6. The Bertz CT molecular complexity index is 625.